The Balaban J connectivity index is 1.63. The number of fused-ring (bicyclic) bond motifs is 1. The van der Waals surface area contributed by atoms with Gasteiger partial charge in [-0.2, -0.15) is 4.31 Å². The number of oxazole rings is 1. The molecule has 1 atom stereocenters. The predicted octanol–water partition coefficient (Wildman–Crippen LogP) is 2.54. The van der Waals surface area contributed by atoms with Gasteiger partial charge >= 0.3 is 5.76 Å². The van der Waals surface area contributed by atoms with Crippen molar-refractivity contribution >= 4 is 32.7 Å². The summed E-state index contributed by atoms with van der Waals surface area (Å²) in [6.07, 6.45) is -0.371. The molecular weight excluding hydrogens is 380 g/mol. The molecule has 1 fully saturated rings. The van der Waals surface area contributed by atoms with E-state index < -0.39 is 15.8 Å². The van der Waals surface area contributed by atoms with Crippen molar-refractivity contribution in [1.29, 1.82) is 0 Å². The van der Waals surface area contributed by atoms with Crippen molar-refractivity contribution in [2.45, 2.75) is 11.0 Å². The molecule has 7 nitrogen and oxygen atoms in total. The summed E-state index contributed by atoms with van der Waals surface area (Å²) in [7, 11) is -3.74. The van der Waals surface area contributed by atoms with Gasteiger partial charge in [-0.15, -0.1) is 0 Å². The van der Waals surface area contributed by atoms with E-state index in [1.165, 1.54) is 22.5 Å². The lowest BCUT2D eigenvalue weighted by molar-refractivity contribution is -0.00255. The fraction of sp³-hybridized carbons (Fsp3) is 0.235. The normalized spacial score (nSPS) is 19.0. The number of hydrogen-bond acceptors (Lipinski definition) is 5. The van der Waals surface area contributed by atoms with Gasteiger partial charge in [0.25, 0.3) is 0 Å². The molecule has 1 unspecified atom stereocenters. The Morgan fingerprint density at radius 3 is 2.69 bits per heavy atom. The summed E-state index contributed by atoms with van der Waals surface area (Å²) in [4.78, 5) is 13.8. The molecule has 1 saturated heterocycles. The molecule has 4 rings (SSSR count). The topological polar surface area (TPSA) is 92.6 Å². The molecule has 0 aliphatic carbocycles. The second kappa shape index (κ2) is 6.55. The third-order valence-electron chi connectivity index (χ3n) is 4.30. The van der Waals surface area contributed by atoms with Crippen LogP contribution in [0.5, 0.6) is 0 Å². The van der Waals surface area contributed by atoms with Crippen LogP contribution in [0.15, 0.2) is 56.6 Å². The molecule has 1 aliphatic heterocycles. The first-order chi connectivity index (χ1) is 12.4. The molecule has 0 bridgehead atoms. The number of hydrogen-bond donors (Lipinski definition) is 1. The molecular formula is C17H15ClN2O5S. The van der Waals surface area contributed by atoms with Crippen LogP contribution >= 0.6 is 11.6 Å². The molecule has 2 heterocycles. The van der Waals surface area contributed by atoms with Crippen LogP contribution in [-0.4, -0.2) is 37.4 Å². The number of aromatic amines is 1. The molecule has 1 aliphatic rings. The van der Waals surface area contributed by atoms with Crippen molar-refractivity contribution in [3.63, 3.8) is 0 Å². The van der Waals surface area contributed by atoms with Gasteiger partial charge < -0.3 is 9.15 Å². The maximum Gasteiger partial charge on any atom is 0.417 e. The van der Waals surface area contributed by atoms with E-state index in [9.17, 15) is 13.2 Å². The number of benzene rings is 2. The second-order valence-corrected chi connectivity index (χ2v) is 8.32. The molecule has 3 aromatic rings. The average Bonchev–Trinajstić information content (AvgIpc) is 3.01. The average molecular weight is 395 g/mol. The molecule has 26 heavy (non-hydrogen) atoms. The van der Waals surface area contributed by atoms with E-state index in [1.807, 2.05) is 12.1 Å². The van der Waals surface area contributed by atoms with Crippen molar-refractivity contribution in [3.05, 3.63) is 63.6 Å². The summed E-state index contributed by atoms with van der Waals surface area (Å²) in [5, 5.41) is 0.607. The zero-order valence-electron chi connectivity index (χ0n) is 13.5. The van der Waals surface area contributed by atoms with E-state index in [2.05, 4.69) is 4.98 Å². The minimum atomic E-state index is -3.74. The fourth-order valence-electron chi connectivity index (χ4n) is 2.96. The first kappa shape index (κ1) is 17.3. The van der Waals surface area contributed by atoms with Crippen molar-refractivity contribution in [3.8, 4) is 0 Å². The van der Waals surface area contributed by atoms with Gasteiger partial charge in [-0.05, 0) is 29.8 Å². The third kappa shape index (κ3) is 3.16. The van der Waals surface area contributed by atoms with Crippen LogP contribution in [0.1, 0.15) is 11.7 Å². The van der Waals surface area contributed by atoms with Crippen molar-refractivity contribution in [2.24, 2.45) is 0 Å². The molecule has 0 amide bonds. The maximum absolute atomic E-state index is 13.0. The third-order valence-corrected chi connectivity index (χ3v) is 6.41. The number of nitrogens with one attached hydrogen (secondary N) is 1. The van der Waals surface area contributed by atoms with Crippen LogP contribution in [0.3, 0.4) is 0 Å². The van der Waals surface area contributed by atoms with E-state index in [0.29, 0.717) is 10.5 Å². The van der Waals surface area contributed by atoms with Crippen molar-refractivity contribution in [1.82, 2.24) is 9.29 Å². The maximum atomic E-state index is 13.0. The number of halogens is 1. The summed E-state index contributed by atoms with van der Waals surface area (Å²) in [6, 6.07) is 11.5. The first-order valence-electron chi connectivity index (χ1n) is 7.93. The van der Waals surface area contributed by atoms with Crippen LogP contribution in [0, 0.1) is 0 Å². The first-order valence-corrected chi connectivity index (χ1v) is 9.75. The lowest BCUT2D eigenvalue weighted by atomic mass is 10.1. The van der Waals surface area contributed by atoms with E-state index in [0.717, 1.165) is 5.56 Å². The number of rotatable bonds is 3. The van der Waals surface area contributed by atoms with Gasteiger partial charge in [0.2, 0.25) is 10.0 Å². The van der Waals surface area contributed by atoms with E-state index in [1.54, 1.807) is 12.1 Å². The zero-order chi connectivity index (χ0) is 18.3. The molecule has 0 saturated carbocycles. The van der Waals surface area contributed by atoms with Crippen LogP contribution in [0.4, 0.5) is 0 Å². The molecule has 1 aromatic heterocycles. The lowest BCUT2D eigenvalue weighted by Gasteiger charge is -2.32. The van der Waals surface area contributed by atoms with Gasteiger partial charge in [0.05, 0.1) is 23.1 Å². The highest BCUT2D eigenvalue weighted by atomic mass is 35.5. The summed E-state index contributed by atoms with van der Waals surface area (Å²) < 4.78 is 38.0. The van der Waals surface area contributed by atoms with Gasteiger partial charge in [0, 0.05) is 24.2 Å². The van der Waals surface area contributed by atoms with Gasteiger partial charge in [-0.25, -0.2) is 13.2 Å². The van der Waals surface area contributed by atoms with Crippen molar-refractivity contribution in [2.75, 3.05) is 19.7 Å². The van der Waals surface area contributed by atoms with Gasteiger partial charge in [-0.1, -0.05) is 23.7 Å². The Kier molecular flexibility index (Phi) is 4.36. The molecule has 1 N–H and O–H groups in total. The number of morpholine rings is 1. The minimum absolute atomic E-state index is 0.0736. The van der Waals surface area contributed by atoms with Crippen LogP contribution in [0.2, 0.25) is 5.02 Å². The van der Waals surface area contributed by atoms with Gasteiger partial charge in [-0.3, -0.25) is 4.98 Å². The largest absolute Gasteiger partial charge is 0.417 e. The number of ether oxygens (including phenoxy) is 1. The highest BCUT2D eigenvalue weighted by Gasteiger charge is 2.31. The SMILES string of the molecule is O=c1[nH]c2ccc(S(=O)(=O)N3CCOC(c4ccc(Cl)cc4)C3)cc2o1. The summed E-state index contributed by atoms with van der Waals surface area (Å²) in [5.74, 6) is -0.622. The Hall–Kier alpha value is -2.13. The fourth-order valence-corrected chi connectivity index (χ4v) is 4.52. The standard InChI is InChI=1S/C17H15ClN2O5S/c18-12-3-1-11(2-4-12)16-10-20(7-8-24-16)26(22,23)13-5-6-14-15(9-13)25-17(21)19-14/h1-6,9,16H,7-8,10H2,(H,19,21). The minimum Gasteiger partial charge on any atom is -0.408 e. The van der Waals surface area contributed by atoms with Gasteiger partial charge in [0.15, 0.2) is 5.58 Å². The van der Waals surface area contributed by atoms with E-state index >= 15 is 0 Å². The molecule has 2 aromatic carbocycles. The zero-order valence-corrected chi connectivity index (χ0v) is 15.1. The second-order valence-electron chi connectivity index (χ2n) is 5.95. The van der Waals surface area contributed by atoms with Gasteiger partial charge in [0.1, 0.15) is 0 Å². The Morgan fingerprint density at radius 2 is 1.92 bits per heavy atom. The summed E-state index contributed by atoms with van der Waals surface area (Å²) in [5.41, 5.74) is 1.52. The number of nitrogens with zero attached hydrogens (tertiary/aromatic N) is 1. The van der Waals surface area contributed by atoms with E-state index in [4.69, 9.17) is 20.8 Å². The summed E-state index contributed by atoms with van der Waals surface area (Å²) in [6.45, 7) is 0.731. The van der Waals surface area contributed by atoms with Crippen molar-refractivity contribution < 1.29 is 17.6 Å². The number of sulfonamides is 1. The van der Waals surface area contributed by atoms with E-state index in [-0.39, 0.29) is 36.3 Å². The smallest absolute Gasteiger partial charge is 0.408 e. The Bertz CT molecular complexity index is 1100. The number of aromatic nitrogens is 1. The van der Waals surface area contributed by atoms with Crippen LogP contribution in [0.25, 0.3) is 11.1 Å². The summed E-state index contributed by atoms with van der Waals surface area (Å²) >= 11 is 5.90. The Labute approximate surface area is 154 Å². The monoisotopic (exact) mass is 394 g/mol. The highest BCUT2D eigenvalue weighted by molar-refractivity contribution is 7.89. The van der Waals surface area contributed by atoms with Crippen LogP contribution in [-0.2, 0) is 14.8 Å². The Morgan fingerprint density at radius 1 is 1.15 bits per heavy atom. The molecule has 136 valence electrons. The number of H-pyrrole nitrogens is 1. The van der Waals surface area contributed by atoms with Crippen LogP contribution < -0.4 is 5.76 Å². The highest BCUT2D eigenvalue weighted by Crippen LogP contribution is 2.28. The lowest BCUT2D eigenvalue weighted by Crippen LogP contribution is -2.42. The molecule has 0 spiro atoms. The quantitative estimate of drug-likeness (QED) is 0.736. The molecule has 9 heteroatoms. The molecule has 0 radical (unpaired) electrons. The predicted molar refractivity (Wildman–Crippen MR) is 95.7 cm³/mol.